The number of alkyl halides is 2. The topological polar surface area (TPSA) is 217 Å². The Hall–Kier alpha value is -4.65. The summed E-state index contributed by atoms with van der Waals surface area (Å²) in [6, 6.07) is 10.7. The minimum absolute atomic E-state index is 0.0544. The predicted molar refractivity (Wildman–Crippen MR) is 244 cm³/mol. The Morgan fingerprint density at radius 1 is 0.477 bits per heavy atom. The number of hydrogen-bond donors (Lipinski definition) is 4. The first-order valence-corrected chi connectivity index (χ1v) is 23.6. The maximum atomic E-state index is 13.3. The number of hydroxylamine groups is 2. The van der Waals surface area contributed by atoms with E-state index >= 15 is 0 Å². The van der Waals surface area contributed by atoms with E-state index in [0.29, 0.717) is 106 Å². The first kappa shape index (κ1) is 54.7. The van der Waals surface area contributed by atoms with Gasteiger partial charge in [0.05, 0.1) is 39.6 Å². The molecule has 19 heteroatoms. The monoisotopic (exact) mass is 949 g/mol. The molecule has 1 aliphatic rings. The summed E-state index contributed by atoms with van der Waals surface area (Å²) in [5, 5.41) is 11.4. The number of rotatable bonds is 36. The van der Waals surface area contributed by atoms with E-state index in [2.05, 4.69) is 21.3 Å². The van der Waals surface area contributed by atoms with Gasteiger partial charge in [0.1, 0.15) is 6.04 Å². The highest BCUT2D eigenvalue weighted by Crippen LogP contribution is 2.15. The summed E-state index contributed by atoms with van der Waals surface area (Å²) >= 11 is 11.4. The van der Waals surface area contributed by atoms with E-state index in [1.807, 2.05) is 0 Å². The molecule has 17 nitrogen and oxygen atoms in total. The van der Waals surface area contributed by atoms with Crippen molar-refractivity contribution in [2.24, 2.45) is 0 Å². The molecule has 3 rings (SSSR count). The van der Waals surface area contributed by atoms with Gasteiger partial charge in [-0.05, 0) is 93.5 Å². The number of nitrogens with zero attached hydrogens (tertiary/aromatic N) is 1. The van der Waals surface area contributed by atoms with Gasteiger partial charge in [0.2, 0.25) is 0 Å². The molecule has 0 saturated carbocycles. The highest BCUT2D eigenvalue weighted by atomic mass is 35.5. The number of nitrogens with one attached hydrogen (secondary N) is 4. The molecule has 1 aliphatic heterocycles. The molecule has 0 aromatic heterocycles. The number of ether oxygens (including phenoxy) is 4. The molecule has 6 amide bonds. The smallest absolute Gasteiger partial charge is 0.355 e. The van der Waals surface area contributed by atoms with Crippen molar-refractivity contribution in [3.63, 3.8) is 0 Å². The Bertz CT molecular complexity index is 1740. The van der Waals surface area contributed by atoms with Gasteiger partial charge in [0, 0.05) is 79.7 Å². The van der Waals surface area contributed by atoms with Gasteiger partial charge in [-0.1, -0.05) is 25.7 Å². The van der Waals surface area contributed by atoms with Crippen LogP contribution in [-0.4, -0.2) is 137 Å². The number of halogens is 2. The zero-order valence-corrected chi connectivity index (χ0v) is 38.7. The highest BCUT2D eigenvalue weighted by molar-refractivity contribution is 6.18. The molecule has 2 aromatic carbocycles. The van der Waals surface area contributed by atoms with Gasteiger partial charge in [-0.25, -0.2) is 4.79 Å². The second-order valence-corrected chi connectivity index (χ2v) is 15.8. The van der Waals surface area contributed by atoms with Gasteiger partial charge in [-0.3, -0.25) is 28.8 Å². The number of carbonyl (C=O) groups is 7. The zero-order chi connectivity index (χ0) is 46.9. The molecule has 4 N–H and O–H groups in total. The van der Waals surface area contributed by atoms with Crippen molar-refractivity contribution in [3.8, 4) is 0 Å². The van der Waals surface area contributed by atoms with Crippen LogP contribution in [0.5, 0.6) is 0 Å². The molecule has 360 valence electrons. The van der Waals surface area contributed by atoms with Crippen molar-refractivity contribution in [2.75, 3.05) is 84.2 Å². The molecule has 1 fully saturated rings. The number of carbonyl (C=O) groups excluding carboxylic acids is 7. The molecule has 1 unspecified atom stereocenters. The van der Waals surface area contributed by atoms with Crippen LogP contribution in [0.3, 0.4) is 0 Å². The van der Waals surface area contributed by atoms with Gasteiger partial charge >= 0.3 is 5.97 Å². The van der Waals surface area contributed by atoms with Gasteiger partial charge in [-0.2, -0.15) is 0 Å². The predicted octanol–water partition coefficient (Wildman–Crippen LogP) is 5.12. The van der Waals surface area contributed by atoms with Crippen molar-refractivity contribution in [1.29, 1.82) is 0 Å². The molecule has 65 heavy (non-hydrogen) atoms. The number of benzene rings is 2. The fraction of sp³-hybridized carbons (Fsp3) is 0.587. The summed E-state index contributed by atoms with van der Waals surface area (Å²) in [6.45, 7) is 4.57. The molecule has 0 bridgehead atoms. The van der Waals surface area contributed by atoms with Crippen LogP contribution in [0, 0.1) is 0 Å². The Morgan fingerprint density at radius 3 is 1.29 bits per heavy atom. The maximum Gasteiger partial charge on any atom is 0.355 e. The standard InChI is InChI=1S/C46H65Cl2N5O12/c47-22-6-1-3-9-27-61-31-33-63-29-25-50-43(57)36-14-12-35(13-15-36)42(56)49-24-8-5-11-39(46(60)65-53-40(54)20-21-41(53)55)52-45(59)38-18-16-37(17-19-38)44(58)51-26-30-64-34-32-62-28-10-4-2-7-23-48/h12-19,39H,1-11,20-34H2,(H,49,56)(H,50,57)(H,51,58)(H,52,59). The third kappa shape index (κ3) is 22.9. The third-order valence-corrected chi connectivity index (χ3v) is 10.5. The van der Waals surface area contributed by atoms with E-state index in [4.69, 9.17) is 47.0 Å². The van der Waals surface area contributed by atoms with Crippen molar-refractivity contribution in [2.45, 2.75) is 89.5 Å². The van der Waals surface area contributed by atoms with E-state index in [-0.39, 0.29) is 55.6 Å². The SMILES string of the molecule is O=C(NCCCCC(NC(=O)c1ccc(C(=O)NCCOCCOCCCCCCCl)cc1)C(=O)ON1C(=O)CCC1=O)c1ccc(C(=O)NCCOCCOCCCCCCCl)cc1. The fourth-order valence-electron chi connectivity index (χ4n) is 6.25. The molecule has 1 saturated heterocycles. The fourth-order valence-corrected chi connectivity index (χ4v) is 6.63. The minimum atomic E-state index is -1.25. The Labute approximate surface area is 391 Å². The second-order valence-electron chi connectivity index (χ2n) is 15.1. The van der Waals surface area contributed by atoms with E-state index in [1.165, 1.54) is 36.4 Å². The van der Waals surface area contributed by atoms with E-state index in [0.717, 1.165) is 51.4 Å². The average molecular weight is 951 g/mol. The lowest BCUT2D eigenvalue weighted by Gasteiger charge is -2.20. The number of imide groups is 1. The molecular formula is C46H65Cl2N5O12. The van der Waals surface area contributed by atoms with Crippen LogP contribution in [0.4, 0.5) is 0 Å². The first-order valence-electron chi connectivity index (χ1n) is 22.5. The van der Waals surface area contributed by atoms with Gasteiger partial charge < -0.3 is 45.1 Å². The molecule has 1 heterocycles. The normalized spacial score (nSPS) is 12.8. The zero-order valence-electron chi connectivity index (χ0n) is 37.2. The van der Waals surface area contributed by atoms with E-state index < -0.39 is 29.7 Å². The number of unbranched alkanes of at least 4 members (excludes halogenated alkanes) is 7. The molecule has 2 aromatic rings. The number of amides is 6. The van der Waals surface area contributed by atoms with Crippen LogP contribution in [0.1, 0.15) is 125 Å². The van der Waals surface area contributed by atoms with Crippen LogP contribution >= 0.6 is 23.2 Å². The first-order chi connectivity index (χ1) is 31.6. The van der Waals surface area contributed by atoms with E-state index in [9.17, 15) is 33.6 Å². The van der Waals surface area contributed by atoms with E-state index in [1.54, 1.807) is 12.1 Å². The quantitative estimate of drug-likeness (QED) is 0.0398. The van der Waals surface area contributed by atoms with Gasteiger partial charge in [0.15, 0.2) is 0 Å². The van der Waals surface area contributed by atoms with Crippen molar-refractivity contribution in [3.05, 3.63) is 70.8 Å². The molecule has 0 aliphatic carbocycles. The summed E-state index contributed by atoms with van der Waals surface area (Å²) in [5.74, 6) is -2.66. The Balaban J connectivity index is 1.38. The van der Waals surface area contributed by atoms with Crippen LogP contribution in [-0.2, 0) is 38.2 Å². The summed E-state index contributed by atoms with van der Waals surface area (Å²) in [6.07, 6.45) is 8.93. The highest BCUT2D eigenvalue weighted by Gasteiger charge is 2.35. The van der Waals surface area contributed by atoms with Crippen molar-refractivity contribution < 1.29 is 57.3 Å². The van der Waals surface area contributed by atoms with Crippen LogP contribution in [0.2, 0.25) is 0 Å². The summed E-state index contributed by atoms with van der Waals surface area (Å²) in [7, 11) is 0. The summed E-state index contributed by atoms with van der Waals surface area (Å²) < 4.78 is 22.1. The average Bonchev–Trinajstić information content (AvgIpc) is 3.63. The van der Waals surface area contributed by atoms with Crippen LogP contribution in [0.15, 0.2) is 48.5 Å². The maximum absolute atomic E-state index is 13.3. The Kier molecular flexibility index (Phi) is 28.4. The summed E-state index contributed by atoms with van der Waals surface area (Å²) in [5.41, 5.74) is 1.18. The third-order valence-electron chi connectivity index (χ3n) is 9.95. The molecule has 0 spiro atoms. The lowest BCUT2D eigenvalue weighted by Crippen LogP contribution is -2.45. The van der Waals surface area contributed by atoms with Crippen LogP contribution < -0.4 is 21.3 Å². The van der Waals surface area contributed by atoms with Crippen molar-refractivity contribution in [1.82, 2.24) is 26.3 Å². The lowest BCUT2D eigenvalue weighted by atomic mass is 10.1. The van der Waals surface area contributed by atoms with Gasteiger partial charge in [0.25, 0.3) is 35.4 Å². The number of hydrogen-bond acceptors (Lipinski definition) is 12. The molecular weight excluding hydrogens is 885 g/mol. The second kappa shape index (κ2) is 33.8. The minimum Gasteiger partial charge on any atom is -0.379 e. The van der Waals surface area contributed by atoms with Crippen molar-refractivity contribution >= 4 is 64.6 Å². The Morgan fingerprint density at radius 2 is 0.862 bits per heavy atom. The lowest BCUT2D eigenvalue weighted by molar-refractivity contribution is -0.199. The van der Waals surface area contributed by atoms with Crippen LogP contribution in [0.25, 0.3) is 0 Å². The van der Waals surface area contributed by atoms with Gasteiger partial charge in [-0.15, -0.1) is 28.3 Å². The molecule has 1 atom stereocenters. The molecule has 0 radical (unpaired) electrons. The summed E-state index contributed by atoms with van der Waals surface area (Å²) in [4.78, 5) is 93.8. The largest absolute Gasteiger partial charge is 0.379 e.